The van der Waals surface area contributed by atoms with E-state index in [0.29, 0.717) is 0 Å². The first kappa shape index (κ1) is 23.5. The molecule has 1 aliphatic heterocycles. The quantitative estimate of drug-likeness (QED) is 0.408. The highest BCUT2D eigenvalue weighted by Crippen LogP contribution is 2.00. The van der Waals surface area contributed by atoms with Crippen LogP contribution in [0.5, 0.6) is 0 Å². The third-order valence-corrected chi connectivity index (χ3v) is 4.39. The van der Waals surface area contributed by atoms with Gasteiger partial charge < -0.3 is 31.3 Å². The first-order chi connectivity index (χ1) is 13.0. The summed E-state index contributed by atoms with van der Waals surface area (Å²) in [4.78, 5) is 0. The summed E-state index contributed by atoms with van der Waals surface area (Å²) in [7, 11) is 0. The maximum atomic E-state index is 5.66. The van der Waals surface area contributed by atoms with Crippen molar-refractivity contribution < 1.29 is 4.74 Å². The van der Waals surface area contributed by atoms with Crippen molar-refractivity contribution in [3.8, 4) is 0 Å². The molecule has 0 unspecified atom stereocenters. The van der Waals surface area contributed by atoms with Gasteiger partial charge in [0.1, 0.15) is 0 Å². The van der Waals surface area contributed by atoms with Gasteiger partial charge in [0.05, 0.1) is 6.61 Å². The zero-order chi connectivity index (χ0) is 18.4. The minimum atomic E-state index is 0.818. The second kappa shape index (κ2) is 20.8. The van der Waals surface area contributed by atoms with E-state index in [2.05, 4.69) is 38.7 Å². The summed E-state index contributed by atoms with van der Waals surface area (Å²) in [5, 5.41) is 17.3. The molecule has 1 rings (SSSR count). The molecule has 0 aliphatic carbocycles. The molecule has 0 radical (unpaired) electrons. The number of rotatable bonds is 0. The number of allylic oxidation sites excluding steroid dienone is 2. The van der Waals surface area contributed by atoms with Crippen LogP contribution < -0.4 is 26.6 Å². The monoisotopic (exact) mass is 369 g/mol. The molecule has 0 bridgehead atoms. The molecule has 26 heavy (non-hydrogen) atoms. The molecule has 1 aliphatic rings. The summed E-state index contributed by atoms with van der Waals surface area (Å²) >= 11 is 0. The highest BCUT2D eigenvalue weighted by molar-refractivity contribution is 4.81. The van der Waals surface area contributed by atoms with E-state index >= 15 is 0 Å². The van der Waals surface area contributed by atoms with Gasteiger partial charge in [0, 0.05) is 65.5 Å². The van der Waals surface area contributed by atoms with Crippen LogP contribution in [0.15, 0.2) is 12.2 Å². The van der Waals surface area contributed by atoms with Crippen molar-refractivity contribution in [1.82, 2.24) is 26.6 Å². The average Bonchev–Trinajstić information content (AvgIpc) is 2.65. The maximum absolute atomic E-state index is 5.66. The second-order valence-corrected chi connectivity index (χ2v) is 6.83. The van der Waals surface area contributed by atoms with Crippen molar-refractivity contribution >= 4 is 0 Å². The molecular formula is C20H43N5O. The summed E-state index contributed by atoms with van der Waals surface area (Å²) in [6, 6.07) is 0. The molecule has 1 heterocycles. The summed E-state index contributed by atoms with van der Waals surface area (Å²) in [6.07, 6.45) is 12.0. The molecule has 5 N–H and O–H groups in total. The molecule has 0 spiro atoms. The molecule has 0 saturated carbocycles. The second-order valence-electron chi connectivity index (χ2n) is 6.83. The van der Waals surface area contributed by atoms with Crippen LogP contribution in [0, 0.1) is 0 Å². The zero-order valence-electron chi connectivity index (χ0n) is 16.8. The lowest BCUT2D eigenvalue weighted by atomic mass is 10.2. The third kappa shape index (κ3) is 18.3. The Hall–Kier alpha value is -0.500. The molecule has 0 atom stereocenters. The van der Waals surface area contributed by atoms with Crippen LogP contribution in [0.1, 0.15) is 38.5 Å². The van der Waals surface area contributed by atoms with Crippen molar-refractivity contribution in [2.45, 2.75) is 38.5 Å². The Bertz CT molecular complexity index is 274. The van der Waals surface area contributed by atoms with Gasteiger partial charge in [-0.25, -0.2) is 0 Å². The van der Waals surface area contributed by atoms with Gasteiger partial charge >= 0.3 is 0 Å². The van der Waals surface area contributed by atoms with E-state index in [1.54, 1.807) is 0 Å². The van der Waals surface area contributed by atoms with Crippen LogP contribution in [0.25, 0.3) is 0 Å². The van der Waals surface area contributed by atoms with Gasteiger partial charge in [-0.05, 0) is 45.1 Å². The number of nitrogens with one attached hydrogen (secondary N) is 5. The largest absolute Gasteiger partial charge is 0.380 e. The SMILES string of the molecule is C1=CCCCCOCCNCCNCCNCCNCCNCCCC1. The molecule has 0 aromatic heterocycles. The number of hydrogen-bond acceptors (Lipinski definition) is 6. The van der Waals surface area contributed by atoms with E-state index in [0.717, 1.165) is 85.1 Å². The highest BCUT2D eigenvalue weighted by Gasteiger charge is 1.93. The molecule has 6 nitrogen and oxygen atoms in total. The topological polar surface area (TPSA) is 69.4 Å². The van der Waals surface area contributed by atoms with Gasteiger partial charge in [0.2, 0.25) is 0 Å². The average molecular weight is 370 g/mol. The Kier molecular flexibility index (Phi) is 18.8. The van der Waals surface area contributed by atoms with Crippen molar-refractivity contribution in [3.05, 3.63) is 12.2 Å². The molecular weight excluding hydrogens is 326 g/mol. The van der Waals surface area contributed by atoms with E-state index in [1.165, 1.54) is 32.1 Å². The minimum Gasteiger partial charge on any atom is -0.380 e. The molecule has 0 aromatic rings. The van der Waals surface area contributed by atoms with E-state index in [9.17, 15) is 0 Å². The number of hydrogen-bond donors (Lipinski definition) is 5. The summed E-state index contributed by atoms with van der Waals surface area (Å²) in [6.45, 7) is 12.0. The molecule has 0 aromatic carbocycles. The molecule has 0 saturated heterocycles. The summed E-state index contributed by atoms with van der Waals surface area (Å²) < 4.78 is 5.66. The lowest BCUT2D eigenvalue weighted by molar-refractivity contribution is 0.132. The Morgan fingerprint density at radius 3 is 1.46 bits per heavy atom. The fraction of sp³-hybridized carbons (Fsp3) is 0.900. The summed E-state index contributed by atoms with van der Waals surface area (Å²) in [5.41, 5.74) is 0. The fourth-order valence-electron chi connectivity index (χ4n) is 2.79. The molecule has 6 heteroatoms. The lowest BCUT2D eigenvalue weighted by Crippen LogP contribution is -2.36. The van der Waals surface area contributed by atoms with Crippen molar-refractivity contribution in [2.75, 3.05) is 78.7 Å². The Morgan fingerprint density at radius 1 is 0.423 bits per heavy atom. The van der Waals surface area contributed by atoms with Gasteiger partial charge in [-0.3, -0.25) is 0 Å². The van der Waals surface area contributed by atoms with E-state index in [-0.39, 0.29) is 0 Å². The highest BCUT2D eigenvalue weighted by atomic mass is 16.5. The fourth-order valence-corrected chi connectivity index (χ4v) is 2.79. The minimum absolute atomic E-state index is 0.818. The van der Waals surface area contributed by atoms with Crippen molar-refractivity contribution in [2.24, 2.45) is 0 Å². The van der Waals surface area contributed by atoms with Crippen LogP contribution >= 0.6 is 0 Å². The van der Waals surface area contributed by atoms with Gasteiger partial charge in [-0.15, -0.1) is 0 Å². The molecule has 0 fully saturated rings. The van der Waals surface area contributed by atoms with Crippen molar-refractivity contribution in [3.63, 3.8) is 0 Å². The predicted octanol–water partition coefficient (Wildman–Crippen LogP) is 0.861. The van der Waals surface area contributed by atoms with Gasteiger partial charge in [-0.1, -0.05) is 12.2 Å². The van der Waals surface area contributed by atoms with Crippen LogP contribution in [0.2, 0.25) is 0 Å². The smallest absolute Gasteiger partial charge is 0.0590 e. The Balaban J connectivity index is 2.04. The third-order valence-electron chi connectivity index (χ3n) is 4.39. The van der Waals surface area contributed by atoms with Crippen LogP contribution in [-0.2, 0) is 4.74 Å². The van der Waals surface area contributed by atoms with E-state index < -0.39 is 0 Å². The Morgan fingerprint density at radius 2 is 0.885 bits per heavy atom. The summed E-state index contributed by atoms with van der Waals surface area (Å²) in [5.74, 6) is 0. The van der Waals surface area contributed by atoms with Gasteiger partial charge in [0.15, 0.2) is 0 Å². The number of ether oxygens (including phenoxy) is 1. The normalized spacial score (nSPS) is 23.4. The van der Waals surface area contributed by atoms with Crippen molar-refractivity contribution in [1.29, 1.82) is 0 Å². The predicted molar refractivity (Wildman–Crippen MR) is 112 cm³/mol. The maximum Gasteiger partial charge on any atom is 0.0590 e. The van der Waals surface area contributed by atoms with E-state index in [4.69, 9.17) is 4.74 Å². The first-order valence-corrected chi connectivity index (χ1v) is 10.8. The zero-order valence-corrected chi connectivity index (χ0v) is 16.8. The van der Waals surface area contributed by atoms with Gasteiger partial charge in [0.25, 0.3) is 0 Å². The van der Waals surface area contributed by atoms with E-state index in [1.807, 2.05) is 0 Å². The standard InChI is InChI=1S/C20H43N5O/c1-2-4-6-8-19-26-20-18-25-17-16-24-15-14-23-13-12-22-11-10-21-9-7-5-3-1/h1-2,21-25H,3-20H2. The first-order valence-electron chi connectivity index (χ1n) is 10.8. The van der Waals surface area contributed by atoms with Crippen LogP contribution in [0.4, 0.5) is 0 Å². The lowest BCUT2D eigenvalue weighted by Gasteiger charge is -2.09. The Labute approximate surface area is 161 Å². The van der Waals surface area contributed by atoms with Gasteiger partial charge in [-0.2, -0.15) is 0 Å². The van der Waals surface area contributed by atoms with Crippen LogP contribution in [0.3, 0.4) is 0 Å². The van der Waals surface area contributed by atoms with Crippen LogP contribution in [-0.4, -0.2) is 78.7 Å². The molecule has 154 valence electrons. The molecule has 0 amide bonds.